The lowest BCUT2D eigenvalue weighted by Crippen LogP contribution is -2.30. The van der Waals surface area contributed by atoms with Gasteiger partial charge < -0.3 is 9.84 Å². The molecule has 3 nitrogen and oxygen atoms in total. The number of ether oxygens (including phenoxy) is 1. The van der Waals surface area contributed by atoms with Crippen molar-refractivity contribution in [2.45, 2.75) is 32.3 Å². The minimum Gasteiger partial charge on any atom is -0.467 e. The van der Waals surface area contributed by atoms with Crippen molar-refractivity contribution in [3.05, 3.63) is 12.2 Å². The Kier molecular flexibility index (Phi) is 3.09. The monoisotopic (exact) mass is 184 g/mol. The maximum atomic E-state index is 11.1. The van der Waals surface area contributed by atoms with Gasteiger partial charge >= 0.3 is 5.97 Å². The third kappa shape index (κ3) is 2.10. The van der Waals surface area contributed by atoms with Gasteiger partial charge in [-0.2, -0.15) is 0 Å². The number of aliphatic hydroxyl groups excluding tert-OH is 1. The highest BCUT2D eigenvalue weighted by Crippen LogP contribution is 2.50. The molecule has 1 saturated carbocycles. The fourth-order valence-corrected chi connectivity index (χ4v) is 1.37. The summed E-state index contributed by atoms with van der Waals surface area (Å²) in [7, 11) is 1.30. The normalized spacial score (nSPS) is 21.5. The molecule has 1 N–H and O–H groups in total. The second kappa shape index (κ2) is 3.92. The fourth-order valence-electron chi connectivity index (χ4n) is 1.37. The first-order valence-electron chi connectivity index (χ1n) is 4.60. The van der Waals surface area contributed by atoms with E-state index in [1.807, 2.05) is 19.1 Å². The molecule has 0 bridgehead atoms. The van der Waals surface area contributed by atoms with Gasteiger partial charge in [-0.05, 0) is 19.3 Å². The number of aliphatic hydroxyl groups is 1. The number of carbonyl (C=O) groups excluding carboxylic acids is 1. The van der Waals surface area contributed by atoms with Crippen molar-refractivity contribution in [1.82, 2.24) is 0 Å². The number of esters is 1. The molecule has 0 aromatic rings. The maximum Gasteiger partial charge on any atom is 0.335 e. The summed E-state index contributed by atoms with van der Waals surface area (Å²) in [5, 5.41) is 9.61. The molecule has 0 heterocycles. The van der Waals surface area contributed by atoms with Crippen LogP contribution in [0.2, 0.25) is 0 Å². The molecule has 0 spiro atoms. The lowest BCUT2D eigenvalue weighted by Gasteiger charge is -2.15. The third-order valence-corrected chi connectivity index (χ3v) is 2.48. The van der Waals surface area contributed by atoms with Gasteiger partial charge in [0.2, 0.25) is 0 Å². The van der Waals surface area contributed by atoms with Crippen LogP contribution in [-0.4, -0.2) is 24.3 Å². The fraction of sp³-hybridized carbons (Fsp3) is 0.700. The Morgan fingerprint density at radius 1 is 1.69 bits per heavy atom. The van der Waals surface area contributed by atoms with Gasteiger partial charge in [0, 0.05) is 5.41 Å². The molecule has 74 valence electrons. The van der Waals surface area contributed by atoms with Gasteiger partial charge in [0.25, 0.3) is 0 Å². The summed E-state index contributed by atoms with van der Waals surface area (Å²) in [5.41, 5.74) is -0.316. The van der Waals surface area contributed by atoms with Crippen LogP contribution in [0.5, 0.6) is 0 Å². The van der Waals surface area contributed by atoms with Crippen molar-refractivity contribution in [3.8, 4) is 0 Å². The zero-order valence-electron chi connectivity index (χ0n) is 8.12. The number of carbonyl (C=O) groups is 1. The number of methoxy groups -OCH3 is 1. The van der Waals surface area contributed by atoms with Crippen LogP contribution in [-0.2, 0) is 9.53 Å². The van der Waals surface area contributed by atoms with E-state index in [-0.39, 0.29) is 5.41 Å². The van der Waals surface area contributed by atoms with Crippen LogP contribution in [0, 0.1) is 5.41 Å². The second-order valence-corrected chi connectivity index (χ2v) is 3.47. The van der Waals surface area contributed by atoms with Gasteiger partial charge in [0.15, 0.2) is 6.10 Å². The van der Waals surface area contributed by atoms with E-state index in [2.05, 4.69) is 4.74 Å². The number of allylic oxidation sites excluding steroid dienone is 1. The first kappa shape index (κ1) is 10.3. The van der Waals surface area contributed by atoms with Crippen LogP contribution in [0.1, 0.15) is 26.2 Å². The van der Waals surface area contributed by atoms with E-state index in [0.29, 0.717) is 0 Å². The SMILES string of the molecule is CC/C=C\C1(C(O)C(=O)OC)CC1. The summed E-state index contributed by atoms with van der Waals surface area (Å²) in [5.74, 6) is -0.529. The van der Waals surface area contributed by atoms with E-state index < -0.39 is 12.1 Å². The molecule has 1 unspecified atom stereocenters. The van der Waals surface area contributed by atoms with Gasteiger partial charge in [0.05, 0.1) is 7.11 Å². The van der Waals surface area contributed by atoms with E-state index >= 15 is 0 Å². The van der Waals surface area contributed by atoms with Gasteiger partial charge in [-0.1, -0.05) is 19.1 Å². The van der Waals surface area contributed by atoms with Crippen LogP contribution >= 0.6 is 0 Å². The molecule has 0 aromatic carbocycles. The van der Waals surface area contributed by atoms with Crippen LogP contribution < -0.4 is 0 Å². The summed E-state index contributed by atoms with van der Waals surface area (Å²) in [4.78, 5) is 11.1. The predicted octanol–water partition coefficient (Wildman–Crippen LogP) is 1.27. The lowest BCUT2D eigenvalue weighted by atomic mass is 9.98. The molecule has 1 rings (SSSR count). The third-order valence-electron chi connectivity index (χ3n) is 2.48. The standard InChI is InChI=1S/C10H16O3/c1-3-4-5-10(6-7-10)8(11)9(12)13-2/h4-5,8,11H,3,6-7H2,1-2H3/b5-4-. The first-order valence-corrected chi connectivity index (χ1v) is 4.60. The Labute approximate surface area is 78.4 Å². The number of rotatable bonds is 4. The Balaban J connectivity index is 2.59. The van der Waals surface area contributed by atoms with Crippen molar-refractivity contribution >= 4 is 5.97 Å². The quantitative estimate of drug-likeness (QED) is 0.528. The van der Waals surface area contributed by atoms with Crippen molar-refractivity contribution in [2.75, 3.05) is 7.11 Å². The molecule has 0 amide bonds. The van der Waals surface area contributed by atoms with Crippen LogP contribution in [0.4, 0.5) is 0 Å². The molecule has 0 aliphatic heterocycles. The number of hydrogen-bond donors (Lipinski definition) is 1. The van der Waals surface area contributed by atoms with Crippen molar-refractivity contribution < 1.29 is 14.6 Å². The molecule has 1 aliphatic carbocycles. The second-order valence-electron chi connectivity index (χ2n) is 3.47. The highest BCUT2D eigenvalue weighted by atomic mass is 16.5. The predicted molar refractivity (Wildman–Crippen MR) is 49.1 cm³/mol. The lowest BCUT2D eigenvalue weighted by molar-refractivity contribution is -0.153. The zero-order valence-corrected chi connectivity index (χ0v) is 8.12. The average molecular weight is 184 g/mol. The van der Waals surface area contributed by atoms with Crippen molar-refractivity contribution in [1.29, 1.82) is 0 Å². The Morgan fingerprint density at radius 2 is 2.31 bits per heavy atom. The molecule has 1 fully saturated rings. The molecule has 1 aliphatic rings. The van der Waals surface area contributed by atoms with E-state index in [1.165, 1.54) is 7.11 Å². The zero-order chi connectivity index (χ0) is 9.90. The van der Waals surface area contributed by atoms with E-state index in [0.717, 1.165) is 19.3 Å². The smallest absolute Gasteiger partial charge is 0.335 e. The maximum absolute atomic E-state index is 11.1. The van der Waals surface area contributed by atoms with Gasteiger partial charge in [-0.25, -0.2) is 4.79 Å². The average Bonchev–Trinajstić information content (AvgIpc) is 2.93. The van der Waals surface area contributed by atoms with Gasteiger partial charge in [-0.15, -0.1) is 0 Å². The Morgan fingerprint density at radius 3 is 2.69 bits per heavy atom. The summed E-state index contributed by atoms with van der Waals surface area (Å²) in [6.45, 7) is 2.02. The van der Waals surface area contributed by atoms with Gasteiger partial charge in [0.1, 0.15) is 0 Å². The van der Waals surface area contributed by atoms with E-state index in [1.54, 1.807) is 0 Å². The summed E-state index contributed by atoms with van der Waals surface area (Å²) < 4.78 is 4.50. The van der Waals surface area contributed by atoms with Gasteiger partial charge in [-0.3, -0.25) is 0 Å². The Hall–Kier alpha value is -0.830. The van der Waals surface area contributed by atoms with Crippen LogP contribution in [0.25, 0.3) is 0 Å². The topological polar surface area (TPSA) is 46.5 Å². The molecule has 13 heavy (non-hydrogen) atoms. The molecule has 3 heteroatoms. The minimum atomic E-state index is -0.986. The molecule has 0 saturated heterocycles. The molecular weight excluding hydrogens is 168 g/mol. The van der Waals surface area contributed by atoms with E-state index in [4.69, 9.17) is 0 Å². The van der Waals surface area contributed by atoms with Crippen LogP contribution in [0.3, 0.4) is 0 Å². The summed E-state index contributed by atoms with van der Waals surface area (Å²) in [6, 6.07) is 0. The van der Waals surface area contributed by atoms with E-state index in [9.17, 15) is 9.90 Å². The highest BCUT2D eigenvalue weighted by Gasteiger charge is 2.50. The van der Waals surface area contributed by atoms with Crippen LogP contribution in [0.15, 0.2) is 12.2 Å². The summed E-state index contributed by atoms with van der Waals surface area (Å²) >= 11 is 0. The molecular formula is C10H16O3. The summed E-state index contributed by atoms with van der Waals surface area (Å²) in [6.07, 6.45) is 5.61. The Bertz CT molecular complexity index is 216. The number of hydrogen-bond acceptors (Lipinski definition) is 3. The highest BCUT2D eigenvalue weighted by molar-refractivity contribution is 5.76. The first-order chi connectivity index (χ1) is 6.16. The minimum absolute atomic E-state index is 0.316. The molecule has 0 aromatic heterocycles. The van der Waals surface area contributed by atoms with Crippen molar-refractivity contribution in [2.24, 2.45) is 5.41 Å². The molecule has 0 radical (unpaired) electrons. The largest absolute Gasteiger partial charge is 0.467 e. The van der Waals surface area contributed by atoms with Crippen molar-refractivity contribution in [3.63, 3.8) is 0 Å². The molecule has 1 atom stereocenters.